The van der Waals surface area contributed by atoms with Crippen LogP contribution in [0.25, 0.3) is 10.9 Å². The molecule has 4 nitrogen and oxygen atoms in total. The van der Waals surface area contributed by atoms with Crippen molar-refractivity contribution >= 4 is 16.8 Å². The highest BCUT2D eigenvalue weighted by molar-refractivity contribution is 5.85. The van der Waals surface area contributed by atoms with Crippen LogP contribution in [0.3, 0.4) is 0 Å². The third kappa shape index (κ3) is 3.73. The maximum absolute atomic E-state index is 13.2. The Bertz CT molecular complexity index is 903. The van der Waals surface area contributed by atoms with E-state index in [-0.39, 0.29) is 11.7 Å². The van der Waals surface area contributed by atoms with E-state index in [9.17, 15) is 9.18 Å². The summed E-state index contributed by atoms with van der Waals surface area (Å²) in [5, 5.41) is 1.04. The molecule has 0 bridgehead atoms. The molecule has 1 atom stereocenters. The van der Waals surface area contributed by atoms with Gasteiger partial charge in [0, 0.05) is 25.2 Å². The lowest BCUT2D eigenvalue weighted by Crippen LogP contribution is -2.38. The third-order valence-electron chi connectivity index (χ3n) is 4.46. The first-order valence-corrected chi connectivity index (χ1v) is 8.47. The Morgan fingerprint density at radius 3 is 2.46 bits per heavy atom. The van der Waals surface area contributed by atoms with Gasteiger partial charge in [0.1, 0.15) is 11.9 Å². The number of carbonyl (C=O) groups excluding carboxylic acids is 1. The Morgan fingerprint density at radius 1 is 1.04 bits per heavy atom. The Hall–Kier alpha value is -2.79. The van der Waals surface area contributed by atoms with E-state index < -0.39 is 6.04 Å². The van der Waals surface area contributed by atoms with Gasteiger partial charge in [0.15, 0.2) is 0 Å². The molecule has 0 aliphatic heterocycles. The zero-order valence-electron chi connectivity index (χ0n) is 15.2. The lowest BCUT2D eigenvalue weighted by molar-refractivity contribution is -0.135. The highest BCUT2D eigenvalue weighted by atomic mass is 19.1. The maximum Gasteiger partial charge on any atom is 0.244 e. The van der Waals surface area contributed by atoms with Crippen molar-refractivity contribution in [2.75, 3.05) is 21.1 Å². The van der Waals surface area contributed by atoms with E-state index in [0.717, 1.165) is 22.0 Å². The molecule has 0 radical (unpaired) electrons. The number of nitrogens with zero attached hydrogens (tertiary/aromatic N) is 3. The molecule has 26 heavy (non-hydrogen) atoms. The van der Waals surface area contributed by atoms with E-state index in [1.807, 2.05) is 49.3 Å². The standard InChI is InChI=1S/C21H22FN3O/c1-24(2)20(15-9-11-17(22)12-10-15)21(26)25(3)14-16-6-4-8-19-18(16)7-5-13-23-19/h4-13,20H,14H2,1-3H3/t20-/m1/s1. The van der Waals surface area contributed by atoms with Gasteiger partial charge in [-0.25, -0.2) is 4.39 Å². The summed E-state index contributed by atoms with van der Waals surface area (Å²) in [4.78, 5) is 21.0. The monoisotopic (exact) mass is 351 g/mol. The van der Waals surface area contributed by atoms with Crippen molar-refractivity contribution < 1.29 is 9.18 Å². The zero-order chi connectivity index (χ0) is 18.7. The Morgan fingerprint density at radius 2 is 1.77 bits per heavy atom. The molecule has 2 aromatic carbocycles. The van der Waals surface area contributed by atoms with Crippen LogP contribution < -0.4 is 0 Å². The molecule has 3 aromatic rings. The molecule has 1 heterocycles. The van der Waals surface area contributed by atoms with Crippen LogP contribution in [0.4, 0.5) is 4.39 Å². The highest BCUT2D eigenvalue weighted by Gasteiger charge is 2.26. The molecule has 0 N–H and O–H groups in total. The van der Waals surface area contributed by atoms with Crippen LogP contribution in [0.1, 0.15) is 17.2 Å². The molecule has 134 valence electrons. The number of fused-ring (bicyclic) bond motifs is 1. The number of pyridine rings is 1. The summed E-state index contributed by atoms with van der Waals surface area (Å²) < 4.78 is 13.2. The molecule has 0 saturated heterocycles. The van der Waals surface area contributed by atoms with Crippen molar-refractivity contribution in [1.29, 1.82) is 0 Å². The van der Waals surface area contributed by atoms with Crippen molar-refractivity contribution in [2.24, 2.45) is 0 Å². The lowest BCUT2D eigenvalue weighted by atomic mass is 10.0. The van der Waals surface area contributed by atoms with Gasteiger partial charge in [-0.1, -0.05) is 30.3 Å². The van der Waals surface area contributed by atoms with E-state index in [0.29, 0.717) is 6.54 Å². The second kappa shape index (κ2) is 7.62. The highest BCUT2D eigenvalue weighted by Crippen LogP contribution is 2.23. The van der Waals surface area contributed by atoms with E-state index in [1.54, 1.807) is 30.3 Å². The van der Waals surface area contributed by atoms with E-state index in [4.69, 9.17) is 0 Å². The third-order valence-corrected chi connectivity index (χ3v) is 4.46. The molecule has 0 saturated carbocycles. The predicted molar refractivity (Wildman–Crippen MR) is 101 cm³/mol. The fourth-order valence-electron chi connectivity index (χ4n) is 3.15. The van der Waals surface area contributed by atoms with Gasteiger partial charge in [-0.05, 0) is 49.5 Å². The molecule has 3 rings (SSSR count). The van der Waals surface area contributed by atoms with E-state index in [1.165, 1.54) is 12.1 Å². The van der Waals surface area contributed by atoms with Gasteiger partial charge in [0.25, 0.3) is 0 Å². The first kappa shape index (κ1) is 18.0. The van der Waals surface area contributed by atoms with Crippen molar-refractivity contribution in [2.45, 2.75) is 12.6 Å². The molecule has 1 amide bonds. The van der Waals surface area contributed by atoms with Crippen molar-refractivity contribution in [3.05, 3.63) is 77.7 Å². The Kier molecular flexibility index (Phi) is 5.28. The summed E-state index contributed by atoms with van der Waals surface area (Å²) in [5.74, 6) is -0.349. The fourth-order valence-corrected chi connectivity index (χ4v) is 3.15. The van der Waals surface area contributed by atoms with Crippen LogP contribution in [0.2, 0.25) is 0 Å². The summed E-state index contributed by atoms with van der Waals surface area (Å²) in [5.41, 5.74) is 2.73. The minimum Gasteiger partial charge on any atom is -0.340 e. The smallest absolute Gasteiger partial charge is 0.244 e. The van der Waals surface area contributed by atoms with Crippen molar-refractivity contribution in [1.82, 2.24) is 14.8 Å². The topological polar surface area (TPSA) is 36.4 Å². The summed E-state index contributed by atoms with van der Waals surface area (Å²) in [7, 11) is 5.49. The number of carbonyl (C=O) groups is 1. The number of amides is 1. The summed E-state index contributed by atoms with van der Waals surface area (Å²) in [6, 6.07) is 15.5. The molecular weight excluding hydrogens is 329 g/mol. The summed E-state index contributed by atoms with van der Waals surface area (Å²) in [6.07, 6.45) is 1.76. The number of likely N-dealkylation sites (N-methyl/N-ethyl adjacent to an activating group) is 2. The Balaban J connectivity index is 1.86. The van der Waals surface area contributed by atoms with Crippen LogP contribution in [0.15, 0.2) is 60.8 Å². The molecule has 5 heteroatoms. The van der Waals surface area contributed by atoms with Gasteiger partial charge in [-0.3, -0.25) is 14.7 Å². The predicted octanol–water partition coefficient (Wildman–Crippen LogP) is 3.64. The van der Waals surface area contributed by atoms with Gasteiger partial charge in [0.2, 0.25) is 5.91 Å². The molecule has 1 aromatic heterocycles. The van der Waals surface area contributed by atoms with Gasteiger partial charge in [-0.15, -0.1) is 0 Å². The number of aromatic nitrogens is 1. The number of benzene rings is 2. The first-order chi connectivity index (χ1) is 12.5. The zero-order valence-corrected chi connectivity index (χ0v) is 15.2. The normalized spacial score (nSPS) is 12.3. The molecule has 0 fully saturated rings. The van der Waals surface area contributed by atoms with Crippen LogP contribution in [0.5, 0.6) is 0 Å². The van der Waals surface area contributed by atoms with E-state index in [2.05, 4.69) is 4.98 Å². The van der Waals surface area contributed by atoms with Gasteiger partial charge in [-0.2, -0.15) is 0 Å². The molecule has 0 aliphatic carbocycles. The second-order valence-electron chi connectivity index (χ2n) is 6.60. The number of rotatable bonds is 5. The molecule has 0 unspecified atom stereocenters. The van der Waals surface area contributed by atoms with Crippen molar-refractivity contribution in [3.63, 3.8) is 0 Å². The SMILES string of the molecule is CN(Cc1cccc2ncccc12)C(=O)[C@@H](c1ccc(F)cc1)N(C)C. The van der Waals surface area contributed by atoms with Gasteiger partial charge in [0.05, 0.1) is 5.52 Å². The van der Waals surface area contributed by atoms with Crippen LogP contribution in [-0.4, -0.2) is 41.8 Å². The van der Waals surface area contributed by atoms with Gasteiger partial charge >= 0.3 is 0 Å². The second-order valence-corrected chi connectivity index (χ2v) is 6.60. The van der Waals surface area contributed by atoms with Crippen molar-refractivity contribution in [3.8, 4) is 0 Å². The average molecular weight is 351 g/mol. The lowest BCUT2D eigenvalue weighted by Gasteiger charge is -2.29. The number of hydrogen-bond acceptors (Lipinski definition) is 3. The first-order valence-electron chi connectivity index (χ1n) is 8.47. The number of halogens is 1. The fraction of sp³-hybridized carbons (Fsp3) is 0.238. The minimum atomic E-state index is -0.464. The summed E-state index contributed by atoms with van der Waals surface area (Å²) >= 11 is 0. The van der Waals surface area contributed by atoms with Crippen LogP contribution in [0, 0.1) is 5.82 Å². The summed E-state index contributed by atoms with van der Waals surface area (Å²) in [6.45, 7) is 0.480. The van der Waals surface area contributed by atoms with Crippen LogP contribution >= 0.6 is 0 Å². The largest absolute Gasteiger partial charge is 0.340 e. The molecule has 0 aliphatic rings. The maximum atomic E-state index is 13.2. The average Bonchev–Trinajstić information content (AvgIpc) is 2.63. The molecule has 0 spiro atoms. The minimum absolute atomic E-state index is 0.0394. The quantitative estimate of drug-likeness (QED) is 0.704. The molecular formula is C21H22FN3O. The van der Waals surface area contributed by atoms with Gasteiger partial charge < -0.3 is 4.90 Å². The van der Waals surface area contributed by atoms with Crippen LogP contribution in [-0.2, 0) is 11.3 Å². The number of hydrogen-bond donors (Lipinski definition) is 0. The van der Waals surface area contributed by atoms with E-state index >= 15 is 0 Å². The Labute approximate surface area is 152 Å².